The Balaban J connectivity index is 0.000000154. The molecule has 10 rings (SSSR count). The molecule has 0 unspecified atom stereocenters. The summed E-state index contributed by atoms with van der Waals surface area (Å²) >= 11 is 7.27. The zero-order valence-corrected chi connectivity index (χ0v) is 36.3. The molecule has 0 amide bonds. The van der Waals surface area contributed by atoms with Crippen LogP contribution in [0.5, 0.6) is 11.5 Å². The van der Waals surface area contributed by atoms with Crippen LogP contribution in [0.2, 0.25) is 0 Å². The van der Waals surface area contributed by atoms with E-state index >= 15 is 0 Å². The first-order valence-corrected chi connectivity index (χ1v) is 21.4. The molecule has 0 bridgehead atoms. The smallest absolute Gasteiger partial charge is 0.167 e. The van der Waals surface area contributed by atoms with Crippen molar-refractivity contribution in [2.24, 2.45) is 22.9 Å². The molecule has 0 aliphatic rings. The number of hydrogen-bond acceptors (Lipinski definition) is 6. The lowest BCUT2D eigenvalue weighted by atomic mass is 10.1. The van der Waals surface area contributed by atoms with Crippen LogP contribution in [0.25, 0.3) is 87.2 Å². The third-order valence-corrected chi connectivity index (χ3v) is 12.5. The molecule has 0 saturated carbocycles. The zero-order chi connectivity index (χ0) is 42.0. The molecule has 0 fully saturated rings. The quantitative estimate of drug-likeness (QED) is 0.108. The molecule has 6 aromatic carbocycles. The SMILES string of the molecule is COc1c2c(cc3c4cc(Br)ccc4n(CCN)c13)c1cc(Br)ccc1n2CCN.COc1c2c(cc3c4cc(F)ccc4n(CCN)c13)c1cc(F)ccc1n2CCN. The highest BCUT2D eigenvalue weighted by Crippen LogP contribution is 2.46. The summed E-state index contributed by atoms with van der Waals surface area (Å²) in [6.07, 6.45) is 0. The fourth-order valence-electron chi connectivity index (χ4n) is 9.32. The first kappa shape index (κ1) is 40.2. The standard InChI is InChI=1S/C23H22Br2N4O.C23H22F2N4O/c2*1-30-23-21-17(15-10-13(24)2-4-19(15)28(21)8-6-26)12-18-16-11-14(25)3-5-20(16)29(9-7-27)22(18)23/h2*2-5,10-12H,6-9,26-27H2,1H3. The van der Waals surface area contributed by atoms with Crippen molar-refractivity contribution in [2.75, 3.05) is 40.4 Å². The van der Waals surface area contributed by atoms with E-state index in [9.17, 15) is 8.78 Å². The number of nitrogens with zero attached hydrogens (tertiary/aromatic N) is 4. The number of methoxy groups -OCH3 is 2. The molecule has 8 N–H and O–H groups in total. The maximum atomic E-state index is 14.1. The van der Waals surface area contributed by atoms with Crippen molar-refractivity contribution >= 4 is 119 Å². The highest BCUT2D eigenvalue weighted by atomic mass is 79.9. The number of ether oxygens (including phenoxy) is 2. The van der Waals surface area contributed by atoms with E-state index < -0.39 is 0 Å². The second-order valence-corrected chi connectivity index (χ2v) is 16.6. The van der Waals surface area contributed by atoms with Gasteiger partial charge in [-0.25, -0.2) is 8.78 Å². The molecular formula is C46H44Br2F2N8O2. The highest BCUT2D eigenvalue weighted by Gasteiger charge is 2.25. The third-order valence-electron chi connectivity index (χ3n) is 11.5. The summed E-state index contributed by atoms with van der Waals surface area (Å²) in [7, 11) is 3.36. The van der Waals surface area contributed by atoms with Crippen molar-refractivity contribution in [3.05, 3.63) is 106 Å². The summed E-state index contributed by atoms with van der Waals surface area (Å²) < 4.78 is 51.1. The van der Waals surface area contributed by atoms with Gasteiger partial charge in [-0.15, -0.1) is 0 Å². The lowest BCUT2D eigenvalue weighted by Crippen LogP contribution is -2.11. The predicted octanol–water partition coefficient (Wildman–Crippen LogP) is 9.46. The molecule has 10 nitrogen and oxygen atoms in total. The average Bonchev–Trinajstić information content (AvgIpc) is 3.92. The summed E-state index contributed by atoms with van der Waals surface area (Å²) in [5.74, 6) is 0.886. The largest absolute Gasteiger partial charge is 0.492 e. The molecule has 0 saturated heterocycles. The van der Waals surface area contributed by atoms with Gasteiger partial charge in [0.1, 0.15) is 11.6 Å². The minimum absolute atomic E-state index is 0.315. The van der Waals surface area contributed by atoms with Crippen LogP contribution in [-0.2, 0) is 26.2 Å². The molecule has 0 aliphatic heterocycles. The molecule has 4 heterocycles. The van der Waals surface area contributed by atoms with E-state index in [1.165, 1.54) is 35.0 Å². The minimum Gasteiger partial charge on any atom is -0.492 e. The molecule has 0 radical (unpaired) electrons. The van der Waals surface area contributed by atoms with Gasteiger partial charge in [0.2, 0.25) is 0 Å². The summed E-state index contributed by atoms with van der Waals surface area (Å²) in [4.78, 5) is 0. The normalized spacial score (nSPS) is 12.0. The number of aromatic nitrogens is 4. The van der Waals surface area contributed by atoms with E-state index in [-0.39, 0.29) is 11.6 Å². The molecule has 4 aromatic heterocycles. The Hall–Kier alpha value is -5.22. The number of halogens is 4. The lowest BCUT2D eigenvalue weighted by Gasteiger charge is -2.13. The van der Waals surface area contributed by atoms with Crippen LogP contribution in [0.4, 0.5) is 8.78 Å². The van der Waals surface area contributed by atoms with Gasteiger partial charge in [-0.2, -0.15) is 0 Å². The van der Waals surface area contributed by atoms with Gasteiger partial charge in [0.25, 0.3) is 0 Å². The first-order valence-electron chi connectivity index (χ1n) is 19.8. The number of nitrogens with two attached hydrogens (primary N) is 4. The molecule has 0 aliphatic carbocycles. The number of fused-ring (bicyclic) bond motifs is 12. The van der Waals surface area contributed by atoms with Gasteiger partial charge in [-0.1, -0.05) is 31.9 Å². The summed E-state index contributed by atoms with van der Waals surface area (Å²) in [5.41, 5.74) is 31.7. The van der Waals surface area contributed by atoms with Crippen LogP contribution in [-0.4, -0.2) is 58.7 Å². The van der Waals surface area contributed by atoms with E-state index in [1.807, 2.05) is 6.07 Å². The van der Waals surface area contributed by atoms with Crippen molar-refractivity contribution in [2.45, 2.75) is 26.2 Å². The Morgan fingerprint density at radius 2 is 0.700 bits per heavy atom. The molecule has 60 heavy (non-hydrogen) atoms. The second kappa shape index (κ2) is 16.0. The van der Waals surface area contributed by atoms with Crippen molar-refractivity contribution < 1.29 is 18.3 Å². The van der Waals surface area contributed by atoms with Crippen molar-refractivity contribution in [3.63, 3.8) is 0 Å². The highest BCUT2D eigenvalue weighted by molar-refractivity contribution is 9.10. The van der Waals surface area contributed by atoms with Gasteiger partial charge in [0.15, 0.2) is 11.5 Å². The summed E-state index contributed by atoms with van der Waals surface area (Å²) in [6, 6.07) is 26.5. The van der Waals surface area contributed by atoms with E-state index in [0.29, 0.717) is 58.1 Å². The van der Waals surface area contributed by atoms with E-state index in [1.54, 1.807) is 26.4 Å². The molecular weight excluding hydrogens is 894 g/mol. The van der Waals surface area contributed by atoms with Gasteiger partial charge < -0.3 is 50.7 Å². The average molecular weight is 939 g/mol. The first-order chi connectivity index (χ1) is 29.2. The molecule has 14 heteroatoms. The van der Waals surface area contributed by atoms with Gasteiger partial charge in [0.05, 0.1) is 36.3 Å². The topological polar surface area (TPSA) is 142 Å². The van der Waals surface area contributed by atoms with Gasteiger partial charge in [-0.05, 0) is 84.9 Å². The van der Waals surface area contributed by atoms with Crippen LogP contribution >= 0.6 is 31.9 Å². The maximum Gasteiger partial charge on any atom is 0.167 e. The summed E-state index contributed by atoms with van der Waals surface area (Å²) in [5, 5.41) is 7.93. The van der Waals surface area contributed by atoms with Crippen LogP contribution < -0.4 is 32.4 Å². The number of rotatable bonds is 10. The molecule has 0 atom stereocenters. The number of benzene rings is 6. The van der Waals surface area contributed by atoms with E-state index in [2.05, 4.69) is 92.6 Å². The van der Waals surface area contributed by atoms with Crippen molar-refractivity contribution in [3.8, 4) is 11.5 Å². The Labute approximate surface area is 360 Å². The van der Waals surface area contributed by atoms with Gasteiger partial charge in [0, 0.05) is 126 Å². The molecule has 10 aromatic rings. The Kier molecular flexibility index (Phi) is 10.7. The van der Waals surface area contributed by atoms with Crippen LogP contribution in [0.3, 0.4) is 0 Å². The van der Waals surface area contributed by atoms with Gasteiger partial charge in [-0.3, -0.25) is 0 Å². The third kappa shape index (κ3) is 6.22. The molecule has 0 spiro atoms. The van der Waals surface area contributed by atoms with Gasteiger partial charge >= 0.3 is 0 Å². The molecule has 308 valence electrons. The fourth-order valence-corrected chi connectivity index (χ4v) is 10.0. The van der Waals surface area contributed by atoms with Crippen LogP contribution in [0, 0.1) is 11.6 Å². The minimum atomic E-state index is -0.315. The summed E-state index contributed by atoms with van der Waals surface area (Å²) in [6.45, 7) is 4.49. The Morgan fingerprint density at radius 3 is 0.983 bits per heavy atom. The second-order valence-electron chi connectivity index (χ2n) is 14.8. The monoisotopic (exact) mass is 936 g/mol. The van der Waals surface area contributed by atoms with Crippen LogP contribution in [0.1, 0.15) is 0 Å². The fraction of sp³-hybridized carbons (Fsp3) is 0.217. The zero-order valence-electron chi connectivity index (χ0n) is 33.2. The van der Waals surface area contributed by atoms with E-state index in [0.717, 1.165) is 91.1 Å². The Bertz CT molecular complexity index is 2880. The predicted molar refractivity (Wildman–Crippen MR) is 250 cm³/mol. The number of hydrogen-bond donors (Lipinski definition) is 4. The maximum absolute atomic E-state index is 14.1. The Morgan fingerprint density at radius 1 is 0.417 bits per heavy atom. The van der Waals surface area contributed by atoms with Crippen LogP contribution in [0.15, 0.2) is 93.9 Å². The van der Waals surface area contributed by atoms with Crippen molar-refractivity contribution in [1.29, 1.82) is 0 Å². The lowest BCUT2D eigenvalue weighted by molar-refractivity contribution is 0.420. The van der Waals surface area contributed by atoms with Crippen molar-refractivity contribution in [1.82, 2.24) is 18.3 Å². The van der Waals surface area contributed by atoms with E-state index in [4.69, 9.17) is 32.4 Å².